The zero-order chi connectivity index (χ0) is 29.5. The number of aromatic nitrogens is 3. The third kappa shape index (κ3) is 4.12. The van der Waals surface area contributed by atoms with Gasteiger partial charge in [0.2, 0.25) is 0 Å². The normalized spacial score (nSPS) is 10.7. The fraction of sp³-hybridized carbons (Fsp3) is 0. The summed E-state index contributed by atoms with van der Waals surface area (Å²) in [5.74, 6) is 0. The van der Waals surface area contributed by atoms with Crippen molar-refractivity contribution >= 4 is 44.4 Å². The molecule has 43 heavy (non-hydrogen) atoms. The first-order valence-electron chi connectivity index (χ1n) is 13.1. The predicted molar refractivity (Wildman–Crippen MR) is 165 cm³/mol. The standard InChI is InChI=1S/C35H15N7S/c36-16-20-13-25(18-38)32(26(14-20)19-39)21-5-7-22(8-6-21)34-29-11-12-30-35(42-43-41-30)33(29)28-10-9-23(15-31(28)40-34)27-4-2-1-3-24(27)17-37/h1-15H. The Morgan fingerprint density at radius 2 is 1.23 bits per heavy atom. The number of pyridine rings is 1. The maximum atomic E-state index is 9.77. The number of benzene rings is 5. The number of nitrogens with zero attached hydrogens (tertiary/aromatic N) is 7. The Balaban J connectivity index is 1.46. The molecular formula is C35H15N7S. The summed E-state index contributed by atoms with van der Waals surface area (Å²) in [5.41, 5.74) is 8.21. The Kier molecular flexibility index (Phi) is 6.04. The summed E-state index contributed by atoms with van der Waals surface area (Å²) in [6.07, 6.45) is 0. The molecule has 8 heteroatoms. The molecule has 196 valence electrons. The quantitative estimate of drug-likeness (QED) is 0.199. The highest BCUT2D eigenvalue weighted by atomic mass is 32.1. The SMILES string of the molecule is N#Cc1cc(C#N)c(-c2ccc(-c3nc4cc(-c5ccccc5C#N)ccc4c4c3ccc3nsnc34)cc2)c(C#N)c1. The predicted octanol–water partition coefficient (Wildman–Crippen LogP) is 7.88. The van der Waals surface area contributed by atoms with Crippen molar-refractivity contribution in [1.82, 2.24) is 13.7 Å². The average Bonchev–Trinajstić information content (AvgIpc) is 3.56. The van der Waals surface area contributed by atoms with E-state index in [1.165, 1.54) is 12.1 Å². The van der Waals surface area contributed by atoms with Gasteiger partial charge in [-0.25, -0.2) is 4.98 Å². The van der Waals surface area contributed by atoms with Crippen molar-refractivity contribution in [3.8, 4) is 57.8 Å². The van der Waals surface area contributed by atoms with Crippen molar-refractivity contribution in [2.45, 2.75) is 0 Å². The van der Waals surface area contributed by atoms with E-state index in [1.807, 2.05) is 78.9 Å². The Labute approximate surface area is 249 Å². The van der Waals surface area contributed by atoms with Gasteiger partial charge in [-0.05, 0) is 53.1 Å². The van der Waals surface area contributed by atoms with Crippen LogP contribution in [0.1, 0.15) is 22.3 Å². The molecule has 0 radical (unpaired) electrons. The summed E-state index contributed by atoms with van der Waals surface area (Å²) in [6.45, 7) is 0. The highest BCUT2D eigenvalue weighted by Gasteiger charge is 2.18. The molecule has 7 rings (SSSR count). The van der Waals surface area contributed by atoms with Crippen molar-refractivity contribution in [1.29, 1.82) is 21.0 Å². The lowest BCUT2D eigenvalue weighted by Gasteiger charge is -2.13. The molecular weight excluding hydrogens is 551 g/mol. The smallest absolute Gasteiger partial charge is 0.113 e. The molecule has 0 aliphatic carbocycles. The van der Waals surface area contributed by atoms with Gasteiger partial charge < -0.3 is 0 Å². The van der Waals surface area contributed by atoms with E-state index >= 15 is 0 Å². The third-order valence-electron chi connectivity index (χ3n) is 7.50. The van der Waals surface area contributed by atoms with Crippen LogP contribution in [0.15, 0.2) is 91.0 Å². The van der Waals surface area contributed by atoms with Gasteiger partial charge in [0.1, 0.15) is 11.0 Å². The lowest BCUT2D eigenvalue weighted by Crippen LogP contribution is -1.94. The minimum atomic E-state index is 0.264. The van der Waals surface area contributed by atoms with Crippen molar-refractivity contribution in [3.63, 3.8) is 0 Å². The second-order valence-corrected chi connectivity index (χ2v) is 10.4. The van der Waals surface area contributed by atoms with E-state index in [-0.39, 0.29) is 16.7 Å². The molecule has 0 saturated heterocycles. The molecule has 7 nitrogen and oxygen atoms in total. The zero-order valence-corrected chi connectivity index (χ0v) is 23.0. The largest absolute Gasteiger partial charge is 0.247 e. The first kappa shape index (κ1) is 25.5. The van der Waals surface area contributed by atoms with Crippen LogP contribution >= 0.6 is 11.7 Å². The van der Waals surface area contributed by atoms with Gasteiger partial charge in [-0.1, -0.05) is 54.6 Å². The van der Waals surface area contributed by atoms with Crippen LogP contribution in [0.5, 0.6) is 0 Å². The van der Waals surface area contributed by atoms with Crippen LogP contribution in [0, 0.1) is 45.3 Å². The van der Waals surface area contributed by atoms with Crippen LogP contribution in [-0.2, 0) is 0 Å². The second-order valence-electron chi connectivity index (χ2n) is 9.83. The number of fused-ring (bicyclic) bond motifs is 5. The minimum Gasteiger partial charge on any atom is -0.247 e. The Hall–Kier alpha value is -6.45. The Morgan fingerprint density at radius 3 is 1.95 bits per heavy atom. The van der Waals surface area contributed by atoms with Crippen LogP contribution in [-0.4, -0.2) is 13.7 Å². The fourth-order valence-electron chi connectivity index (χ4n) is 5.55. The Morgan fingerprint density at radius 1 is 0.558 bits per heavy atom. The van der Waals surface area contributed by atoms with Crippen LogP contribution in [0.2, 0.25) is 0 Å². The Bertz CT molecular complexity index is 2410. The van der Waals surface area contributed by atoms with Crippen LogP contribution in [0.3, 0.4) is 0 Å². The van der Waals surface area contributed by atoms with Crippen LogP contribution in [0.25, 0.3) is 66.2 Å². The molecule has 0 saturated carbocycles. The summed E-state index contributed by atoms with van der Waals surface area (Å²) < 4.78 is 9.08. The summed E-state index contributed by atoms with van der Waals surface area (Å²) in [7, 11) is 0. The monoisotopic (exact) mass is 565 g/mol. The second kappa shape index (κ2) is 10.2. The average molecular weight is 566 g/mol. The van der Waals surface area contributed by atoms with Crippen molar-refractivity contribution < 1.29 is 0 Å². The topological polar surface area (TPSA) is 134 Å². The molecule has 0 unspecified atom stereocenters. The molecule has 0 spiro atoms. The zero-order valence-electron chi connectivity index (χ0n) is 22.2. The molecule has 0 N–H and O–H groups in total. The van der Waals surface area contributed by atoms with E-state index in [0.29, 0.717) is 16.7 Å². The maximum absolute atomic E-state index is 9.77. The van der Waals surface area contributed by atoms with Gasteiger partial charge in [0, 0.05) is 27.3 Å². The van der Waals surface area contributed by atoms with Crippen molar-refractivity contribution in [3.05, 3.63) is 113 Å². The van der Waals surface area contributed by atoms with E-state index in [2.05, 4.69) is 27.0 Å². The number of rotatable bonds is 3. The van der Waals surface area contributed by atoms with E-state index in [4.69, 9.17) is 4.98 Å². The molecule has 2 heterocycles. The third-order valence-corrected chi connectivity index (χ3v) is 8.04. The lowest BCUT2D eigenvalue weighted by atomic mass is 9.91. The van der Waals surface area contributed by atoms with Crippen LogP contribution < -0.4 is 0 Å². The molecule has 0 atom stereocenters. The van der Waals surface area contributed by atoms with Gasteiger partial charge in [-0.2, -0.15) is 29.8 Å². The number of hydrogen-bond acceptors (Lipinski definition) is 8. The summed E-state index contributed by atoms with van der Waals surface area (Å²) in [4.78, 5) is 5.13. The highest BCUT2D eigenvalue weighted by molar-refractivity contribution is 7.00. The van der Waals surface area contributed by atoms with Crippen molar-refractivity contribution in [2.24, 2.45) is 0 Å². The highest BCUT2D eigenvalue weighted by Crippen LogP contribution is 2.39. The molecule has 0 bridgehead atoms. The molecule has 2 aromatic heterocycles. The van der Waals surface area contributed by atoms with E-state index in [1.54, 1.807) is 6.07 Å². The summed E-state index contributed by atoms with van der Waals surface area (Å²) in [6, 6.07) is 36.6. The first-order chi connectivity index (χ1) is 21.1. The fourth-order valence-corrected chi connectivity index (χ4v) is 6.09. The maximum Gasteiger partial charge on any atom is 0.113 e. The molecule has 0 aliphatic rings. The lowest BCUT2D eigenvalue weighted by molar-refractivity contribution is 1.40. The van der Waals surface area contributed by atoms with Gasteiger partial charge in [0.25, 0.3) is 0 Å². The van der Waals surface area contributed by atoms with Gasteiger partial charge in [0.05, 0.1) is 69.5 Å². The summed E-state index contributed by atoms with van der Waals surface area (Å²) in [5, 5.41) is 41.4. The van der Waals surface area contributed by atoms with Gasteiger partial charge in [-0.3, -0.25) is 0 Å². The van der Waals surface area contributed by atoms with Crippen molar-refractivity contribution in [2.75, 3.05) is 0 Å². The number of nitriles is 4. The summed E-state index contributed by atoms with van der Waals surface area (Å²) >= 11 is 1.16. The van der Waals surface area contributed by atoms with Gasteiger partial charge in [0.15, 0.2) is 0 Å². The van der Waals surface area contributed by atoms with E-state index < -0.39 is 0 Å². The van der Waals surface area contributed by atoms with Crippen LogP contribution in [0.4, 0.5) is 0 Å². The van der Waals surface area contributed by atoms with E-state index in [9.17, 15) is 21.0 Å². The van der Waals surface area contributed by atoms with Gasteiger partial charge >= 0.3 is 0 Å². The molecule has 0 aliphatic heterocycles. The van der Waals surface area contributed by atoms with E-state index in [0.717, 1.165) is 66.8 Å². The first-order valence-corrected chi connectivity index (χ1v) is 13.8. The van der Waals surface area contributed by atoms with Gasteiger partial charge in [-0.15, -0.1) is 0 Å². The molecule has 5 aromatic carbocycles. The molecule has 0 fully saturated rings. The molecule has 7 aromatic rings. The molecule has 0 amide bonds. The number of hydrogen-bond donors (Lipinski definition) is 0. The minimum absolute atomic E-state index is 0.264.